The summed E-state index contributed by atoms with van der Waals surface area (Å²) >= 11 is 6.79. The monoisotopic (exact) mass is 768 g/mol. The Morgan fingerprint density at radius 1 is 0.521 bits per heavy atom. The maximum absolute atomic E-state index is 4.96. The van der Waals surface area contributed by atoms with E-state index in [9.17, 15) is 0 Å². The Morgan fingerprint density at radius 3 is 1.15 bits per heavy atom. The number of aromatic nitrogens is 8. The van der Waals surface area contributed by atoms with Crippen molar-refractivity contribution in [1.29, 1.82) is 0 Å². The van der Waals surface area contributed by atoms with E-state index in [1.807, 2.05) is 12.4 Å². The van der Waals surface area contributed by atoms with Crippen LogP contribution in [0.15, 0.2) is 94.7 Å². The molecule has 0 bridgehead atoms. The van der Waals surface area contributed by atoms with Crippen molar-refractivity contribution >= 4 is 43.8 Å². The highest BCUT2D eigenvalue weighted by Gasteiger charge is 2.31. The first-order valence-electron chi connectivity index (χ1n) is 15.6. The second-order valence-corrected chi connectivity index (χ2v) is 15.7. The van der Waals surface area contributed by atoms with E-state index >= 15 is 0 Å². The van der Waals surface area contributed by atoms with Crippen LogP contribution in [-0.2, 0) is 0 Å². The third kappa shape index (κ3) is 7.82. The van der Waals surface area contributed by atoms with Crippen molar-refractivity contribution in [3.05, 3.63) is 106 Å². The number of hydrogen-bond acceptors (Lipinski definition) is 8. The van der Waals surface area contributed by atoms with Crippen LogP contribution in [0.2, 0.25) is 0 Å². The number of aromatic amines is 2. The van der Waals surface area contributed by atoms with Crippen molar-refractivity contribution in [3.63, 3.8) is 0 Å². The van der Waals surface area contributed by atoms with Crippen LogP contribution >= 0.6 is 31.9 Å². The van der Waals surface area contributed by atoms with Crippen molar-refractivity contribution in [3.8, 4) is 33.6 Å². The lowest BCUT2D eigenvalue weighted by molar-refractivity contribution is 0.336. The lowest BCUT2D eigenvalue weighted by atomic mass is 9.86. The zero-order valence-corrected chi connectivity index (χ0v) is 30.8. The molecule has 2 atom stereocenters. The molecule has 0 fully saturated rings. The van der Waals surface area contributed by atoms with Gasteiger partial charge in [0.1, 0.15) is 11.6 Å². The first-order valence-corrected chi connectivity index (χ1v) is 17.2. The van der Waals surface area contributed by atoms with Gasteiger partial charge in [-0.1, -0.05) is 90.1 Å². The molecule has 6 aromatic rings. The average molecular weight is 771 g/mol. The standard InChI is InChI=1S/C36H38Br2N10/c1-35(2,3)29(47-33-41-15-25(37)16-42-33)31-39-19-27(45-31)23-11-7-21(8-12-23)22-9-13-24(14-10-22)28-20-40-32(46-28)30(36(4,5)6)48-34-43-17-26(38)18-44-34/h7-20,29-30H,1-6H3,(H,39,45)(H,40,46)(H,41,42,47)(H,43,44,48). The van der Waals surface area contributed by atoms with Gasteiger partial charge in [0.05, 0.1) is 32.4 Å². The number of hydrogen-bond donors (Lipinski definition) is 4. The topological polar surface area (TPSA) is 133 Å². The summed E-state index contributed by atoms with van der Waals surface area (Å²) in [5.41, 5.74) is 5.79. The van der Waals surface area contributed by atoms with Crippen LogP contribution in [0.3, 0.4) is 0 Å². The molecule has 0 spiro atoms. The molecule has 0 saturated heterocycles. The van der Waals surface area contributed by atoms with Crippen LogP contribution in [0.25, 0.3) is 33.6 Å². The molecule has 48 heavy (non-hydrogen) atoms. The molecule has 4 aromatic heterocycles. The predicted octanol–water partition coefficient (Wildman–Crippen LogP) is 9.64. The van der Waals surface area contributed by atoms with Crippen LogP contribution in [-0.4, -0.2) is 39.9 Å². The molecule has 0 amide bonds. The number of anilines is 2. The minimum absolute atomic E-state index is 0.119. The highest BCUT2D eigenvalue weighted by molar-refractivity contribution is 9.10. The van der Waals surface area contributed by atoms with Gasteiger partial charge in [-0.3, -0.25) is 0 Å². The number of nitrogens with zero attached hydrogens (tertiary/aromatic N) is 6. The molecule has 4 N–H and O–H groups in total. The summed E-state index contributed by atoms with van der Waals surface area (Å²) in [4.78, 5) is 34.3. The molecule has 2 unspecified atom stereocenters. The maximum atomic E-state index is 4.96. The van der Waals surface area contributed by atoms with E-state index in [-0.39, 0.29) is 22.9 Å². The van der Waals surface area contributed by atoms with Gasteiger partial charge in [0.25, 0.3) is 0 Å². The summed E-state index contributed by atoms with van der Waals surface area (Å²) in [6, 6.07) is 16.7. The van der Waals surface area contributed by atoms with Crippen molar-refractivity contribution in [2.75, 3.05) is 10.6 Å². The molecule has 0 aliphatic heterocycles. The summed E-state index contributed by atoms with van der Waals surface area (Å²) < 4.78 is 1.66. The Bertz CT molecular complexity index is 1810. The van der Waals surface area contributed by atoms with Gasteiger partial charge in [0.15, 0.2) is 0 Å². The number of halogens is 2. The van der Waals surface area contributed by atoms with Gasteiger partial charge < -0.3 is 20.6 Å². The highest BCUT2D eigenvalue weighted by Crippen LogP contribution is 2.36. The Balaban J connectivity index is 1.16. The van der Waals surface area contributed by atoms with Crippen LogP contribution in [0.1, 0.15) is 65.3 Å². The first-order chi connectivity index (χ1) is 22.8. The predicted molar refractivity (Wildman–Crippen MR) is 198 cm³/mol. The highest BCUT2D eigenvalue weighted by atomic mass is 79.9. The molecule has 12 heteroatoms. The fraction of sp³-hybridized carbons (Fsp3) is 0.278. The van der Waals surface area contributed by atoms with Gasteiger partial charge in [-0.2, -0.15) is 0 Å². The van der Waals surface area contributed by atoms with Gasteiger partial charge in [-0.25, -0.2) is 29.9 Å². The second-order valence-electron chi connectivity index (χ2n) is 13.8. The quantitative estimate of drug-likeness (QED) is 0.114. The lowest BCUT2D eigenvalue weighted by Crippen LogP contribution is -2.27. The maximum Gasteiger partial charge on any atom is 0.223 e. The van der Waals surface area contributed by atoms with E-state index in [1.54, 1.807) is 24.8 Å². The Labute approximate surface area is 297 Å². The van der Waals surface area contributed by atoms with Crippen LogP contribution in [0.5, 0.6) is 0 Å². The van der Waals surface area contributed by atoms with E-state index in [2.05, 4.69) is 162 Å². The van der Waals surface area contributed by atoms with Gasteiger partial charge in [-0.15, -0.1) is 0 Å². The fourth-order valence-corrected chi connectivity index (χ4v) is 5.76. The molecule has 4 heterocycles. The van der Waals surface area contributed by atoms with Gasteiger partial charge >= 0.3 is 0 Å². The van der Waals surface area contributed by atoms with E-state index in [4.69, 9.17) is 9.97 Å². The van der Waals surface area contributed by atoms with Crippen molar-refractivity contribution < 1.29 is 0 Å². The fourth-order valence-electron chi connectivity index (χ4n) is 5.35. The van der Waals surface area contributed by atoms with E-state index in [1.165, 1.54) is 0 Å². The lowest BCUT2D eigenvalue weighted by Gasteiger charge is -2.29. The molecule has 246 valence electrons. The van der Waals surface area contributed by atoms with Crippen molar-refractivity contribution in [2.45, 2.75) is 53.6 Å². The number of benzene rings is 2. The molecule has 0 radical (unpaired) electrons. The van der Waals surface area contributed by atoms with Crippen LogP contribution in [0, 0.1) is 10.8 Å². The van der Waals surface area contributed by atoms with Gasteiger partial charge in [0.2, 0.25) is 11.9 Å². The number of imidazole rings is 2. The summed E-state index contributed by atoms with van der Waals surface area (Å²) in [6.45, 7) is 13.0. The summed E-state index contributed by atoms with van der Waals surface area (Å²) in [7, 11) is 0. The molecule has 2 aromatic carbocycles. The Kier molecular flexibility index (Phi) is 9.48. The van der Waals surface area contributed by atoms with E-state index in [0.717, 1.165) is 54.2 Å². The van der Waals surface area contributed by atoms with Gasteiger partial charge in [0, 0.05) is 48.3 Å². The largest absolute Gasteiger partial charge is 0.346 e. The van der Waals surface area contributed by atoms with Crippen LogP contribution < -0.4 is 10.6 Å². The zero-order chi connectivity index (χ0) is 34.1. The number of H-pyrrole nitrogens is 2. The zero-order valence-electron chi connectivity index (χ0n) is 27.7. The second kappa shape index (κ2) is 13.6. The normalized spacial score (nSPS) is 13.2. The van der Waals surface area contributed by atoms with E-state index in [0.29, 0.717) is 11.9 Å². The smallest absolute Gasteiger partial charge is 0.223 e. The van der Waals surface area contributed by atoms with Gasteiger partial charge in [-0.05, 0) is 53.8 Å². The minimum Gasteiger partial charge on any atom is -0.346 e. The summed E-state index contributed by atoms with van der Waals surface area (Å²) in [6.07, 6.45) is 10.8. The first kappa shape index (κ1) is 33.5. The number of rotatable bonds is 9. The summed E-state index contributed by atoms with van der Waals surface area (Å²) in [5.74, 6) is 2.77. The minimum atomic E-state index is -0.140. The average Bonchev–Trinajstić information content (AvgIpc) is 3.74. The molecule has 0 saturated carbocycles. The van der Waals surface area contributed by atoms with Crippen molar-refractivity contribution in [1.82, 2.24) is 39.9 Å². The Hall–Kier alpha value is -4.42. The summed E-state index contributed by atoms with van der Waals surface area (Å²) in [5, 5.41) is 6.89. The van der Waals surface area contributed by atoms with Crippen LogP contribution in [0.4, 0.5) is 11.9 Å². The molecular weight excluding hydrogens is 732 g/mol. The van der Waals surface area contributed by atoms with Crippen molar-refractivity contribution in [2.24, 2.45) is 10.8 Å². The SMILES string of the molecule is CC(C)(C)C(Nc1ncc(Br)cn1)c1nc(-c2ccc(-c3ccc(-c4c[nH]c(C(Nc5ncc(Br)cn5)C(C)(C)C)n4)cc3)cc2)c[nH]1. The third-order valence-corrected chi connectivity index (χ3v) is 8.78. The third-order valence-electron chi connectivity index (χ3n) is 7.96. The molecule has 0 aliphatic rings. The number of nitrogens with one attached hydrogen (secondary N) is 4. The molecule has 10 nitrogen and oxygen atoms in total. The molecular formula is C36H38Br2N10. The Morgan fingerprint density at radius 2 is 0.833 bits per heavy atom. The van der Waals surface area contributed by atoms with E-state index < -0.39 is 0 Å². The molecule has 6 rings (SSSR count). The molecule has 0 aliphatic carbocycles.